The fraction of sp³-hybridized carbons (Fsp3) is 0. The zero-order valence-corrected chi connectivity index (χ0v) is 20.6. The van der Waals surface area contributed by atoms with Crippen LogP contribution in [0.15, 0.2) is 134 Å². The van der Waals surface area contributed by atoms with Gasteiger partial charge in [-0.15, -0.1) is 0 Å². The maximum Gasteiger partial charge on any atom is 0.242 e. The highest BCUT2D eigenvalue weighted by Gasteiger charge is 2.32. The van der Waals surface area contributed by atoms with Gasteiger partial charge < -0.3 is 0 Å². The predicted molar refractivity (Wildman–Crippen MR) is 158 cm³/mol. The van der Waals surface area contributed by atoms with Crippen LogP contribution in [0.1, 0.15) is 0 Å². The minimum atomic E-state index is 0.237. The van der Waals surface area contributed by atoms with Crippen molar-refractivity contribution in [2.24, 2.45) is 0 Å². The van der Waals surface area contributed by atoms with Gasteiger partial charge in [-0.3, -0.25) is 4.57 Å². The topological polar surface area (TPSA) is 30.7 Å². The molecule has 2 aromatic heterocycles. The Kier molecular flexibility index (Phi) is 4.62. The quantitative estimate of drug-likeness (QED) is 0.300. The largest absolute Gasteiger partial charge is 0.294 e. The lowest BCUT2D eigenvalue weighted by Crippen LogP contribution is -2.48. The summed E-state index contributed by atoms with van der Waals surface area (Å²) in [5, 5.41) is 2.45. The molecule has 7 aromatic rings. The summed E-state index contributed by atoms with van der Waals surface area (Å²) in [5.74, 6) is 1.60. The number of hydrogen-bond acceptors (Lipinski definition) is 2. The van der Waals surface area contributed by atoms with Crippen LogP contribution >= 0.6 is 0 Å². The smallest absolute Gasteiger partial charge is 0.242 e. The molecule has 0 N–H and O–H groups in total. The number of para-hydroxylation sites is 2. The van der Waals surface area contributed by atoms with Crippen molar-refractivity contribution in [3.8, 4) is 28.3 Å². The van der Waals surface area contributed by atoms with Crippen LogP contribution in [0.5, 0.6) is 0 Å². The maximum atomic E-state index is 5.04. The lowest BCUT2D eigenvalue weighted by molar-refractivity contribution is 1.04. The number of fused-ring (bicyclic) bond motifs is 6. The highest BCUT2D eigenvalue weighted by atomic mass is 15.1. The second-order valence-corrected chi connectivity index (χ2v) is 9.84. The van der Waals surface area contributed by atoms with Crippen LogP contribution in [0.2, 0.25) is 0 Å². The first-order valence-corrected chi connectivity index (χ1v) is 13.0. The molecule has 0 saturated heterocycles. The standard InChI is InChI=1S/C34H22BN3/c1-5-13-29-25(9-1)26-10-2-6-14-30(26)35(29)24-19-17-23(18-20-24)34-36-22-21-33(37-34)38-31-15-7-3-11-27(31)28-12-4-8-16-32(28)38/h1-22H. The van der Waals surface area contributed by atoms with Crippen LogP contribution in [0.3, 0.4) is 0 Å². The first-order valence-electron chi connectivity index (χ1n) is 13.0. The van der Waals surface area contributed by atoms with Gasteiger partial charge in [-0.2, -0.15) is 0 Å². The van der Waals surface area contributed by atoms with Gasteiger partial charge in [-0.25, -0.2) is 9.97 Å². The highest BCUT2D eigenvalue weighted by molar-refractivity contribution is 6.99. The van der Waals surface area contributed by atoms with Gasteiger partial charge in [0.2, 0.25) is 6.71 Å². The van der Waals surface area contributed by atoms with Crippen molar-refractivity contribution in [1.29, 1.82) is 0 Å². The molecule has 0 bridgehead atoms. The summed E-state index contributed by atoms with van der Waals surface area (Å²) in [6.07, 6.45) is 1.86. The van der Waals surface area contributed by atoms with E-state index in [2.05, 4.69) is 131 Å². The van der Waals surface area contributed by atoms with Gasteiger partial charge in [-0.05, 0) is 29.3 Å². The van der Waals surface area contributed by atoms with Crippen LogP contribution in [-0.2, 0) is 0 Å². The van der Waals surface area contributed by atoms with Crippen molar-refractivity contribution in [2.45, 2.75) is 0 Å². The van der Waals surface area contributed by atoms with Gasteiger partial charge in [0.15, 0.2) is 5.82 Å². The molecule has 0 amide bonds. The molecule has 176 valence electrons. The SMILES string of the molecule is c1ccc2c(c1)B(c1ccc(-c3nccc(-n4c5ccccc5c5ccccc54)n3)cc1)c1ccccc1-2. The van der Waals surface area contributed by atoms with Crippen molar-refractivity contribution >= 4 is 44.9 Å². The van der Waals surface area contributed by atoms with Crippen LogP contribution in [0.4, 0.5) is 0 Å². The second kappa shape index (κ2) is 8.29. The Bertz CT molecular complexity index is 1890. The van der Waals surface area contributed by atoms with E-state index in [0.29, 0.717) is 0 Å². The van der Waals surface area contributed by atoms with Gasteiger partial charge in [0.05, 0.1) is 11.0 Å². The van der Waals surface area contributed by atoms with E-state index in [1.165, 1.54) is 38.3 Å². The van der Waals surface area contributed by atoms with E-state index in [1.807, 2.05) is 12.3 Å². The summed E-state index contributed by atoms with van der Waals surface area (Å²) < 4.78 is 2.23. The molecule has 0 saturated carbocycles. The summed E-state index contributed by atoms with van der Waals surface area (Å²) in [5.41, 5.74) is 9.98. The fourth-order valence-electron chi connectivity index (χ4n) is 6.12. The zero-order valence-electron chi connectivity index (χ0n) is 20.6. The Morgan fingerprint density at radius 3 is 1.71 bits per heavy atom. The lowest BCUT2D eigenvalue weighted by Gasteiger charge is -2.12. The molecule has 1 aliphatic heterocycles. The van der Waals surface area contributed by atoms with E-state index in [-0.39, 0.29) is 6.71 Å². The van der Waals surface area contributed by atoms with Gasteiger partial charge >= 0.3 is 0 Å². The molecule has 0 spiro atoms. The van der Waals surface area contributed by atoms with Gasteiger partial charge in [0.1, 0.15) is 5.82 Å². The Labute approximate surface area is 221 Å². The third-order valence-electron chi connectivity index (χ3n) is 7.79. The molecule has 0 atom stereocenters. The summed E-state index contributed by atoms with van der Waals surface area (Å²) in [4.78, 5) is 9.69. The summed E-state index contributed by atoms with van der Waals surface area (Å²) in [7, 11) is 0. The van der Waals surface area contributed by atoms with E-state index in [0.717, 1.165) is 28.2 Å². The Morgan fingerprint density at radius 1 is 0.526 bits per heavy atom. The average Bonchev–Trinajstić information content (AvgIpc) is 3.51. The number of benzene rings is 5. The minimum absolute atomic E-state index is 0.237. The summed E-state index contributed by atoms with van der Waals surface area (Å²) >= 11 is 0. The van der Waals surface area contributed by atoms with Gasteiger partial charge in [0, 0.05) is 22.5 Å². The number of nitrogens with zero attached hydrogens (tertiary/aromatic N) is 3. The molecule has 38 heavy (non-hydrogen) atoms. The Morgan fingerprint density at radius 2 is 1.08 bits per heavy atom. The van der Waals surface area contributed by atoms with E-state index in [1.54, 1.807) is 0 Å². The maximum absolute atomic E-state index is 5.04. The fourth-order valence-corrected chi connectivity index (χ4v) is 6.12. The molecule has 0 fully saturated rings. The summed E-state index contributed by atoms with van der Waals surface area (Å²) in [6.45, 7) is 0.237. The predicted octanol–water partition coefficient (Wildman–Crippen LogP) is 5.74. The molecule has 3 heterocycles. The monoisotopic (exact) mass is 483 g/mol. The molecular weight excluding hydrogens is 461 g/mol. The molecule has 3 nitrogen and oxygen atoms in total. The molecule has 1 aliphatic rings. The zero-order chi connectivity index (χ0) is 25.1. The van der Waals surface area contributed by atoms with Crippen LogP contribution in [-0.4, -0.2) is 21.2 Å². The Hall–Kier alpha value is -4.96. The molecule has 0 aliphatic carbocycles. The van der Waals surface area contributed by atoms with Gasteiger partial charge in [0.25, 0.3) is 0 Å². The van der Waals surface area contributed by atoms with E-state index in [9.17, 15) is 0 Å². The van der Waals surface area contributed by atoms with Gasteiger partial charge in [-0.1, -0.05) is 126 Å². The van der Waals surface area contributed by atoms with Crippen molar-refractivity contribution in [3.05, 3.63) is 134 Å². The molecular formula is C34H22BN3. The number of aromatic nitrogens is 3. The van der Waals surface area contributed by atoms with Crippen molar-refractivity contribution in [3.63, 3.8) is 0 Å². The van der Waals surface area contributed by atoms with E-state index < -0.39 is 0 Å². The highest BCUT2D eigenvalue weighted by Crippen LogP contribution is 2.31. The van der Waals surface area contributed by atoms with E-state index >= 15 is 0 Å². The first-order chi connectivity index (χ1) is 18.9. The first kappa shape index (κ1) is 21.2. The van der Waals surface area contributed by atoms with Crippen molar-refractivity contribution in [1.82, 2.24) is 14.5 Å². The normalized spacial score (nSPS) is 12.2. The minimum Gasteiger partial charge on any atom is -0.294 e. The van der Waals surface area contributed by atoms with Crippen molar-refractivity contribution < 1.29 is 0 Å². The summed E-state index contributed by atoms with van der Waals surface area (Å²) in [6, 6.07) is 45.3. The second-order valence-electron chi connectivity index (χ2n) is 9.84. The van der Waals surface area contributed by atoms with Crippen molar-refractivity contribution in [2.75, 3.05) is 0 Å². The lowest BCUT2D eigenvalue weighted by atomic mass is 9.39. The molecule has 0 radical (unpaired) electrons. The van der Waals surface area contributed by atoms with Crippen LogP contribution in [0, 0.1) is 0 Å². The Balaban J connectivity index is 1.21. The third kappa shape index (κ3) is 3.10. The molecule has 4 heteroatoms. The number of hydrogen-bond donors (Lipinski definition) is 0. The average molecular weight is 483 g/mol. The molecule has 5 aromatic carbocycles. The molecule has 0 unspecified atom stereocenters. The number of rotatable bonds is 3. The van der Waals surface area contributed by atoms with E-state index in [4.69, 9.17) is 4.98 Å². The van der Waals surface area contributed by atoms with Crippen LogP contribution in [0.25, 0.3) is 50.1 Å². The van der Waals surface area contributed by atoms with Crippen LogP contribution < -0.4 is 16.4 Å². The third-order valence-corrected chi connectivity index (χ3v) is 7.79. The molecule has 8 rings (SSSR count).